The first-order chi connectivity index (χ1) is 26.3. The van der Waals surface area contributed by atoms with Gasteiger partial charge in [0.1, 0.15) is 12.2 Å². The summed E-state index contributed by atoms with van der Waals surface area (Å²) in [6.45, 7) is 13.1. The Hall–Kier alpha value is -3.75. The monoisotopic (exact) mass is 792 g/mol. The quantitative estimate of drug-likeness (QED) is 0.205. The van der Waals surface area contributed by atoms with Crippen molar-refractivity contribution in [3.8, 4) is 0 Å². The lowest BCUT2D eigenvalue weighted by Gasteiger charge is -2.62. The second-order valence-electron chi connectivity index (χ2n) is 17.3. The molecule has 0 spiro atoms. The number of rotatable bonds is 11. The van der Waals surface area contributed by atoms with Gasteiger partial charge in [0.15, 0.2) is 18.3 Å². The van der Waals surface area contributed by atoms with Gasteiger partial charge in [-0.2, -0.15) is 0 Å². The summed E-state index contributed by atoms with van der Waals surface area (Å²) in [5.74, 6) is -3.14. The van der Waals surface area contributed by atoms with E-state index < -0.39 is 60.6 Å². The van der Waals surface area contributed by atoms with Gasteiger partial charge in [-0.05, 0) is 98.2 Å². The molecule has 15 atom stereocenters. The Morgan fingerprint density at radius 1 is 0.661 bits per heavy atom. The van der Waals surface area contributed by atoms with E-state index in [0.29, 0.717) is 18.3 Å². The summed E-state index contributed by atoms with van der Waals surface area (Å²) >= 11 is 0. The number of hydrogen-bond donors (Lipinski definition) is 0. The third-order valence-electron chi connectivity index (χ3n) is 13.9. The van der Waals surface area contributed by atoms with Gasteiger partial charge in [0.25, 0.3) is 0 Å². The molecule has 0 aromatic rings. The molecular formula is C41H60O15. The Morgan fingerprint density at radius 2 is 1.23 bits per heavy atom. The van der Waals surface area contributed by atoms with Crippen LogP contribution < -0.4 is 0 Å². The highest BCUT2D eigenvalue weighted by molar-refractivity contribution is 5.77. The number of methoxy groups -OCH3 is 1. The molecule has 4 aliphatic carbocycles. The summed E-state index contributed by atoms with van der Waals surface area (Å²) in [5.41, 5.74) is 0.00208. The van der Waals surface area contributed by atoms with Crippen molar-refractivity contribution in [2.45, 2.75) is 163 Å². The average molecular weight is 793 g/mol. The highest BCUT2D eigenvalue weighted by Gasteiger charge is 2.64. The number of carbonyl (C=O) groups is 7. The first-order valence-corrected chi connectivity index (χ1v) is 20.1. The molecule has 314 valence electrons. The minimum Gasteiger partial charge on any atom is -0.467 e. The SMILES string of the molecule is COC(=O)[C@H]1O[C@@H](OC(=O)CC[C@@H](C)[C@H]2CC[C@H]3[C@@H]4[C@H](OC(C)=O)C[C@@H]5C[C@H](OC(C)=O)CC[C@]5(C)[C@H]4CC[C@]23C)[C@H](OC(C)=O)[C@@H](OC(C)=O)[C@@H]1OC(C)=O. The summed E-state index contributed by atoms with van der Waals surface area (Å²) in [6, 6.07) is 0. The van der Waals surface area contributed by atoms with Crippen molar-refractivity contribution in [3.05, 3.63) is 0 Å². The van der Waals surface area contributed by atoms with E-state index in [-0.39, 0.29) is 65.1 Å². The Kier molecular flexibility index (Phi) is 13.5. The molecule has 0 aromatic heterocycles. The average Bonchev–Trinajstić information content (AvgIpc) is 3.46. The molecule has 1 heterocycles. The first-order valence-electron chi connectivity index (χ1n) is 20.1. The van der Waals surface area contributed by atoms with Crippen LogP contribution in [0.1, 0.15) is 120 Å². The van der Waals surface area contributed by atoms with Gasteiger partial charge in [-0.1, -0.05) is 20.8 Å². The zero-order valence-corrected chi connectivity index (χ0v) is 34.2. The van der Waals surface area contributed by atoms with Gasteiger partial charge in [0.05, 0.1) is 7.11 Å². The minimum absolute atomic E-state index is 0.0229. The van der Waals surface area contributed by atoms with Crippen LogP contribution in [0.15, 0.2) is 0 Å². The van der Waals surface area contributed by atoms with E-state index in [4.69, 9.17) is 37.9 Å². The second kappa shape index (κ2) is 17.4. The minimum atomic E-state index is -1.69. The van der Waals surface area contributed by atoms with Crippen molar-refractivity contribution >= 4 is 41.8 Å². The van der Waals surface area contributed by atoms with E-state index in [2.05, 4.69) is 20.8 Å². The lowest BCUT2D eigenvalue weighted by atomic mass is 9.43. The van der Waals surface area contributed by atoms with Crippen LogP contribution in [0.5, 0.6) is 0 Å². The largest absolute Gasteiger partial charge is 0.467 e. The third-order valence-corrected chi connectivity index (χ3v) is 13.9. The standard InChI is InChI=1S/C41H60O15/c1-20(10-13-32(47)55-39-37(54-25(6)46)35(53-24(5)45)34(52-23(4)44)36(56-39)38(48)49-9)28-11-12-29-33-30(15-17-41(28,29)8)40(7)16-14-27(50-21(2)42)18-26(40)19-31(33)51-22(3)43/h20,26-31,33-37,39H,10-19H2,1-9H3/t20-,26+,27-,28-,29+,30+,31-,33+,34+,35+,36+,37-,39-,40+,41-/m1/s1. The molecule has 0 unspecified atom stereocenters. The predicted octanol–water partition coefficient (Wildman–Crippen LogP) is 4.77. The van der Waals surface area contributed by atoms with E-state index in [9.17, 15) is 33.6 Å². The highest BCUT2D eigenvalue weighted by atomic mass is 16.7. The van der Waals surface area contributed by atoms with Gasteiger partial charge < -0.3 is 37.9 Å². The van der Waals surface area contributed by atoms with Crippen LogP contribution in [0.2, 0.25) is 0 Å². The summed E-state index contributed by atoms with van der Waals surface area (Å²) in [7, 11) is 1.08. The summed E-state index contributed by atoms with van der Waals surface area (Å²) in [5, 5.41) is 0. The van der Waals surface area contributed by atoms with E-state index in [1.165, 1.54) is 13.8 Å². The zero-order valence-electron chi connectivity index (χ0n) is 34.2. The molecule has 0 amide bonds. The van der Waals surface area contributed by atoms with Crippen LogP contribution in [0.3, 0.4) is 0 Å². The Morgan fingerprint density at radius 3 is 1.84 bits per heavy atom. The van der Waals surface area contributed by atoms with Gasteiger partial charge in [0.2, 0.25) is 12.4 Å². The van der Waals surface area contributed by atoms with Crippen molar-refractivity contribution < 1.29 is 71.5 Å². The predicted molar refractivity (Wildman–Crippen MR) is 194 cm³/mol. The Balaban J connectivity index is 1.29. The van der Waals surface area contributed by atoms with Gasteiger partial charge >= 0.3 is 41.8 Å². The molecule has 0 aromatic carbocycles. The van der Waals surface area contributed by atoms with Gasteiger partial charge in [-0.15, -0.1) is 0 Å². The smallest absolute Gasteiger partial charge is 0.339 e. The maximum Gasteiger partial charge on any atom is 0.339 e. The van der Waals surface area contributed by atoms with Crippen LogP contribution in [0.25, 0.3) is 0 Å². The van der Waals surface area contributed by atoms with Crippen molar-refractivity contribution in [1.29, 1.82) is 0 Å². The van der Waals surface area contributed by atoms with E-state index in [0.717, 1.165) is 79.2 Å². The maximum atomic E-state index is 13.5. The van der Waals surface area contributed by atoms with Crippen LogP contribution in [-0.4, -0.2) is 91.8 Å². The lowest BCUT2D eigenvalue weighted by Crippen LogP contribution is -2.64. The number of esters is 7. The zero-order chi connectivity index (χ0) is 41.3. The van der Waals surface area contributed by atoms with Crippen molar-refractivity contribution in [2.75, 3.05) is 7.11 Å². The number of carbonyl (C=O) groups excluding carboxylic acids is 7. The molecule has 0 bridgehead atoms. The van der Waals surface area contributed by atoms with E-state index in [1.807, 2.05) is 0 Å². The molecule has 1 saturated heterocycles. The van der Waals surface area contributed by atoms with Gasteiger partial charge in [0, 0.05) is 47.0 Å². The normalized spacial score (nSPS) is 39.2. The third kappa shape index (κ3) is 9.02. The highest BCUT2D eigenvalue weighted by Crippen LogP contribution is 2.69. The Labute approximate surface area is 328 Å². The molecule has 15 nitrogen and oxygen atoms in total. The molecule has 0 N–H and O–H groups in total. The van der Waals surface area contributed by atoms with E-state index in [1.54, 1.807) is 0 Å². The fraction of sp³-hybridized carbons (Fsp3) is 0.829. The van der Waals surface area contributed by atoms with Crippen LogP contribution in [0, 0.1) is 46.3 Å². The number of fused-ring (bicyclic) bond motifs is 5. The van der Waals surface area contributed by atoms with E-state index >= 15 is 0 Å². The fourth-order valence-corrected chi connectivity index (χ4v) is 11.7. The molecule has 5 aliphatic rings. The topological polar surface area (TPSA) is 193 Å². The molecule has 5 rings (SSSR count). The van der Waals surface area contributed by atoms with Crippen LogP contribution in [0.4, 0.5) is 0 Å². The van der Waals surface area contributed by atoms with Crippen molar-refractivity contribution in [2.24, 2.45) is 46.3 Å². The summed E-state index contributed by atoms with van der Waals surface area (Å²) < 4.78 is 44.2. The maximum absolute atomic E-state index is 13.5. The summed E-state index contributed by atoms with van der Waals surface area (Å²) in [6.07, 6.45) is -0.636. The number of ether oxygens (including phenoxy) is 8. The molecule has 15 heteroatoms. The molecule has 0 radical (unpaired) electrons. The summed E-state index contributed by atoms with van der Waals surface area (Å²) in [4.78, 5) is 86.9. The van der Waals surface area contributed by atoms with Crippen molar-refractivity contribution in [3.63, 3.8) is 0 Å². The first kappa shape index (κ1) is 43.4. The molecule has 1 aliphatic heterocycles. The van der Waals surface area contributed by atoms with Gasteiger partial charge in [-0.25, -0.2) is 4.79 Å². The molecule has 5 fully saturated rings. The Bertz CT molecular complexity index is 1530. The molecule has 4 saturated carbocycles. The van der Waals surface area contributed by atoms with Crippen LogP contribution in [-0.2, 0) is 71.5 Å². The van der Waals surface area contributed by atoms with Crippen molar-refractivity contribution in [1.82, 2.24) is 0 Å². The lowest BCUT2D eigenvalue weighted by molar-refractivity contribution is -0.294. The number of hydrogen-bond acceptors (Lipinski definition) is 15. The van der Waals surface area contributed by atoms with Gasteiger partial charge in [-0.3, -0.25) is 28.8 Å². The molecular weight excluding hydrogens is 732 g/mol. The fourth-order valence-electron chi connectivity index (χ4n) is 11.7. The van der Waals surface area contributed by atoms with Crippen LogP contribution >= 0.6 is 0 Å². The second-order valence-corrected chi connectivity index (χ2v) is 17.3. The molecule has 56 heavy (non-hydrogen) atoms.